The number of rotatable bonds is 3. The molecule has 0 unspecified atom stereocenters. The molecule has 1 fully saturated rings. The van der Waals surface area contributed by atoms with Crippen LogP contribution in [0.25, 0.3) is 0 Å². The zero-order valence-electron chi connectivity index (χ0n) is 14.8. The Labute approximate surface area is 153 Å². The summed E-state index contributed by atoms with van der Waals surface area (Å²) in [6.07, 6.45) is 4.07. The topological polar surface area (TPSA) is 56.8 Å². The van der Waals surface area contributed by atoms with Gasteiger partial charge in [0.25, 0.3) is 0 Å². The third-order valence-electron chi connectivity index (χ3n) is 5.26. The molecule has 26 heavy (non-hydrogen) atoms. The summed E-state index contributed by atoms with van der Waals surface area (Å²) in [6, 6.07) is 15.0. The van der Waals surface area contributed by atoms with Gasteiger partial charge in [0.05, 0.1) is 13.2 Å². The number of hydrogen-bond acceptors (Lipinski definition) is 4. The summed E-state index contributed by atoms with van der Waals surface area (Å²) in [5.41, 5.74) is 1.02. The van der Waals surface area contributed by atoms with Gasteiger partial charge in [-0.15, -0.1) is 0 Å². The summed E-state index contributed by atoms with van der Waals surface area (Å²) >= 11 is 0. The van der Waals surface area contributed by atoms with Gasteiger partial charge in [-0.05, 0) is 37.5 Å². The minimum absolute atomic E-state index is 0.104. The third-order valence-corrected chi connectivity index (χ3v) is 5.26. The van der Waals surface area contributed by atoms with Crippen LogP contribution in [0, 0.1) is 5.92 Å². The lowest BCUT2D eigenvalue weighted by Crippen LogP contribution is -2.46. The van der Waals surface area contributed by atoms with Gasteiger partial charge in [-0.1, -0.05) is 36.8 Å². The van der Waals surface area contributed by atoms with Crippen LogP contribution < -0.4 is 19.5 Å². The van der Waals surface area contributed by atoms with E-state index < -0.39 is 6.09 Å². The van der Waals surface area contributed by atoms with Crippen LogP contribution >= 0.6 is 0 Å². The Kier molecular flexibility index (Phi) is 4.69. The summed E-state index contributed by atoms with van der Waals surface area (Å²) in [5, 5.41) is 3.08. The smallest absolute Gasteiger partial charge is 0.413 e. The van der Waals surface area contributed by atoms with Crippen molar-refractivity contribution in [3.05, 3.63) is 54.1 Å². The van der Waals surface area contributed by atoms with E-state index in [4.69, 9.17) is 14.2 Å². The van der Waals surface area contributed by atoms with Crippen LogP contribution in [-0.4, -0.2) is 19.3 Å². The fourth-order valence-corrected chi connectivity index (χ4v) is 4.04. The summed E-state index contributed by atoms with van der Waals surface area (Å²) in [7, 11) is 1.56. The van der Waals surface area contributed by atoms with E-state index in [0.717, 1.165) is 30.6 Å². The van der Waals surface area contributed by atoms with E-state index >= 15 is 0 Å². The molecule has 3 atom stereocenters. The molecule has 2 aliphatic rings. The molecule has 1 aliphatic carbocycles. The number of hydrogen-bond donors (Lipinski definition) is 1. The zero-order valence-corrected chi connectivity index (χ0v) is 14.8. The number of fused-ring (bicyclic) bond motifs is 2. The molecule has 0 aromatic heterocycles. The molecule has 0 bridgehead atoms. The largest absolute Gasteiger partial charge is 0.493 e. The molecule has 1 amide bonds. The van der Waals surface area contributed by atoms with Gasteiger partial charge in [-0.3, -0.25) is 0 Å². The first-order valence-corrected chi connectivity index (χ1v) is 9.13. The van der Waals surface area contributed by atoms with Crippen LogP contribution in [0.15, 0.2) is 48.5 Å². The normalized spacial score (nSPS) is 23.8. The first kappa shape index (κ1) is 16.8. The second-order valence-corrected chi connectivity index (χ2v) is 6.80. The Balaban J connectivity index is 1.56. The van der Waals surface area contributed by atoms with Crippen molar-refractivity contribution in [2.45, 2.75) is 37.8 Å². The van der Waals surface area contributed by atoms with Crippen molar-refractivity contribution in [1.29, 1.82) is 0 Å². The molecule has 0 spiro atoms. The number of methoxy groups -OCH3 is 1. The molecular formula is C21H23NO4. The Morgan fingerprint density at radius 2 is 1.77 bits per heavy atom. The standard InChI is InChI=1S/C21H23NO4/c1-24-18-12-6-7-13-19(18)26-21(23)22-20-14-8-2-4-10-16(14)25-17-11-5-3-9-15(17)20/h2,4,6-8,10,12-13,15,17,20H,3,5,9,11H2,1H3,(H,22,23)/t15-,17+,20-/m0/s1. The highest BCUT2D eigenvalue weighted by molar-refractivity contribution is 5.72. The zero-order chi connectivity index (χ0) is 17.9. The van der Waals surface area contributed by atoms with Crippen molar-refractivity contribution in [3.63, 3.8) is 0 Å². The monoisotopic (exact) mass is 353 g/mol. The van der Waals surface area contributed by atoms with Crippen LogP contribution in [-0.2, 0) is 0 Å². The number of nitrogens with one attached hydrogen (secondary N) is 1. The van der Waals surface area contributed by atoms with E-state index in [9.17, 15) is 4.79 Å². The minimum Gasteiger partial charge on any atom is -0.493 e. The second-order valence-electron chi connectivity index (χ2n) is 6.80. The number of para-hydroxylation sites is 3. The van der Waals surface area contributed by atoms with Crippen molar-refractivity contribution >= 4 is 6.09 Å². The maximum Gasteiger partial charge on any atom is 0.413 e. The van der Waals surface area contributed by atoms with E-state index in [2.05, 4.69) is 5.32 Å². The Hall–Kier alpha value is -2.69. The molecule has 5 nitrogen and oxygen atoms in total. The molecule has 1 aliphatic heterocycles. The number of carbonyl (C=O) groups excluding carboxylic acids is 1. The lowest BCUT2D eigenvalue weighted by atomic mass is 9.77. The predicted molar refractivity (Wildman–Crippen MR) is 97.7 cm³/mol. The van der Waals surface area contributed by atoms with Crippen molar-refractivity contribution in [2.75, 3.05) is 7.11 Å². The first-order valence-electron chi connectivity index (χ1n) is 9.13. The number of benzene rings is 2. The van der Waals surface area contributed by atoms with Gasteiger partial charge in [0, 0.05) is 11.5 Å². The van der Waals surface area contributed by atoms with Crippen molar-refractivity contribution in [1.82, 2.24) is 5.32 Å². The number of carbonyl (C=O) groups is 1. The summed E-state index contributed by atoms with van der Waals surface area (Å²) in [5.74, 6) is 2.07. The summed E-state index contributed by atoms with van der Waals surface area (Å²) < 4.78 is 17.0. The van der Waals surface area contributed by atoms with E-state index in [-0.39, 0.29) is 18.1 Å². The van der Waals surface area contributed by atoms with Gasteiger partial charge in [0.1, 0.15) is 11.9 Å². The fourth-order valence-electron chi connectivity index (χ4n) is 4.04. The Morgan fingerprint density at radius 3 is 2.62 bits per heavy atom. The Morgan fingerprint density at radius 1 is 1.04 bits per heavy atom. The quantitative estimate of drug-likeness (QED) is 0.884. The fraction of sp³-hybridized carbons (Fsp3) is 0.381. The van der Waals surface area contributed by atoms with Gasteiger partial charge in [0.2, 0.25) is 0 Å². The number of amides is 1. The third kappa shape index (κ3) is 3.21. The average Bonchev–Trinajstić information content (AvgIpc) is 2.68. The predicted octanol–water partition coefficient (Wildman–Crippen LogP) is 4.48. The van der Waals surface area contributed by atoms with E-state index in [1.807, 2.05) is 36.4 Å². The molecule has 1 N–H and O–H groups in total. The second kappa shape index (κ2) is 7.28. The van der Waals surface area contributed by atoms with Gasteiger partial charge >= 0.3 is 6.09 Å². The number of ether oxygens (including phenoxy) is 3. The average molecular weight is 353 g/mol. The minimum atomic E-state index is -0.472. The molecule has 0 saturated heterocycles. The van der Waals surface area contributed by atoms with Gasteiger partial charge < -0.3 is 19.5 Å². The highest BCUT2D eigenvalue weighted by atomic mass is 16.6. The van der Waals surface area contributed by atoms with Crippen LogP contribution in [0.5, 0.6) is 17.2 Å². The van der Waals surface area contributed by atoms with Crippen molar-refractivity contribution in [2.24, 2.45) is 5.92 Å². The highest BCUT2D eigenvalue weighted by Crippen LogP contribution is 2.44. The van der Waals surface area contributed by atoms with Gasteiger partial charge in [-0.2, -0.15) is 0 Å². The van der Waals surface area contributed by atoms with Crippen molar-refractivity contribution < 1.29 is 19.0 Å². The molecule has 2 aromatic rings. The van der Waals surface area contributed by atoms with E-state index in [1.54, 1.807) is 19.2 Å². The molecule has 1 heterocycles. The van der Waals surface area contributed by atoms with Crippen LogP contribution in [0.2, 0.25) is 0 Å². The first-order chi connectivity index (χ1) is 12.8. The molecule has 4 rings (SSSR count). The maximum absolute atomic E-state index is 12.6. The lowest BCUT2D eigenvalue weighted by molar-refractivity contribution is 0.0474. The molecule has 5 heteroatoms. The summed E-state index contributed by atoms with van der Waals surface area (Å²) in [4.78, 5) is 12.6. The molecule has 1 saturated carbocycles. The van der Waals surface area contributed by atoms with Crippen molar-refractivity contribution in [3.8, 4) is 17.2 Å². The van der Waals surface area contributed by atoms with Crippen LogP contribution in [0.4, 0.5) is 4.79 Å². The maximum atomic E-state index is 12.6. The molecular weight excluding hydrogens is 330 g/mol. The molecule has 0 radical (unpaired) electrons. The van der Waals surface area contributed by atoms with E-state index in [1.165, 1.54) is 6.42 Å². The lowest BCUT2D eigenvalue weighted by Gasteiger charge is -2.42. The van der Waals surface area contributed by atoms with Gasteiger partial charge in [-0.25, -0.2) is 4.79 Å². The van der Waals surface area contributed by atoms with Crippen LogP contribution in [0.1, 0.15) is 37.3 Å². The molecule has 2 aromatic carbocycles. The summed E-state index contributed by atoms with van der Waals surface area (Å²) in [6.45, 7) is 0. The van der Waals surface area contributed by atoms with Gasteiger partial charge in [0.15, 0.2) is 11.5 Å². The SMILES string of the molecule is COc1ccccc1OC(=O)N[C@H]1c2ccccc2O[C@@H]2CCCC[C@@H]21. The van der Waals surface area contributed by atoms with E-state index in [0.29, 0.717) is 11.5 Å². The van der Waals surface area contributed by atoms with Crippen LogP contribution in [0.3, 0.4) is 0 Å². The highest BCUT2D eigenvalue weighted by Gasteiger charge is 2.40. The Bertz CT molecular complexity index is 791. The molecule has 136 valence electrons.